The Bertz CT molecular complexity index is 276. The predicted octanol–water partition coefficient (Wildman–Crippen LogP) is 0.564. The van der Waals surface area contributed by atoms with Gasteiger partial charge in [0.2, 0.25) is 0 Å². The monoisotopic (exact) mass is 166 g/mol. The van der Waals surface area contributed by atoms with E-state index in [9.17, 15) is 4.79 Å². The second-order valence-corrected chi connectivity index (χ2v) is 2.92. The summed E-state index contributed by atoms with van der Waals surface area (Å²) in [6, 6.07) is 0. The summed E-state index contributed by atoms with van der Waals surface area (Å²) in [7, 11) is 0. The summed E-state index contributed by atoms with van der Waals surface area (Å²) in [5.41, 5.74) is 0.386. The molecule has 12 heavy (non-hydrogen) atoms. The molecular weight excluding hydrogens is 156 g/mol. The first-order chi connectivity index (χ1) is 5.90. The lowest BCUT2D eigenvalue weighted by atomic mass is 10.1. The summed E-state index contributed by atoms with van der Waals surface area (Å²) in [4.78, 5) is 14.3. The molecule has 0 saturated carbocycles. The smallest absolute Gasteiger partial charge is 0.199 e. The van der Waals surface area contributed by atoms with Gasteiger partial charge in [-0.2, -0.15) is 0 Å². The highest BCUT2D eigenvalue weighted by atomic mass is 16.3. The second kappa shape index (κ2) is 3.06. The largest absolute Gasteiger partial charge is 0.448 e. The number of hydrogen-bond donors (Lipinski definition) is 1. The maximum atomic E-state index is 10.3. The molecular formula is C8H10N2O2. The van der Waals surface area contributed by atoms with Gasteiger partial charge < -0.3 is 9.73 Å². The molecule has 1 aliphatic heterocycles. The van der Waals surface area contributed by atoms with Crippen molar-refractivity contribution in [2.45, 2.75) is 12.3 Å². The quantitative estimate of drug-likeness (QED) is 0.652. The van der Waals surface area contributed by atoms with E-state index in [1.165, 1.54) is 6.26 Å². The molecule has 2 heterocycles. The molecule has 0 amide bonds. The number of nitrogens with zero attached hydrogens (tertiary/aromatic N) is 1. The second-order valence-electron chi connectivity index (χ2n) is 2.92. The third-order valence-electron chi connectivity index (χ3n) is 2.07. The number of oxazole rings is 1. The third kappa shape index (κ3) is 1.25. The van der Waals surface area contributed by atoms with E-state index in [2.05, 4.69) is 10.3 Å². The molecule has 4 nitrogen and oxygen atoms in total. The highest BCUT2D eigenvalue weighted by Gasteiger charge is 2.21. The van der Waals surface area contributed by atoms with Gasteiger partial charge in [-0.3, -0.25) is 4.79 Å². The minimum absolute atomic E-state index is 0.346. The van der Waals surface area contributed by atoms with Gasteiger partial charge in [0, 0.05) is 12.5 Å². The van der Waals surface area contributed by atoms with Crippen molar-refractivity contribution < 1.29 is 9.21 Å². The SMILES string of the molecule is O=Cc1coc(C2CCNC2)n1. The highest BCUT2D eigenvalue weighted by molar-refractivity contribution is 5.70. The predicted molar refractivity (Wildman–Crippen MR) is 42.1 cm³/mol. The lowest BCUT2D eigenvalue weighted by Gasteiger charge is -1.99. The Kier molecular flexibility index (Phi) is 1.91. The van der Waals surface area contributed by atoms with Crippen molar-refractivity contribution in [3.63, 3.8) is 0 Å². The van der Waals surface area contributed by atoms with E-state index < -0.39 is 0 Å². The van der Waals surface area contributed by atoms with E-state index in [0.717, 1.165) is 19.5 Å². The Morgan fingerprint density at radius 2 is 2.67 bits per heavy atom. The molecule has 1 unspecified atom stereocenters. The molecule has 0 aromatic carbocycles. The molecule has 0 aliphatic carbocycles. The van der Waals surface area contributed by atoms with Crippen molar-refractivity contribution in [1.82, 2.24) is 10.3 Å². The van der Waals surface area contributed by atoms with E-state index in [0.29, 0.717) is 23.8 Å². The highest BCUT2D eigenvalue weighted by Crippen LogP contribution is 2.20. The molecule has 1 aromatic heterocycles. The van der Waals surface area contributed by atoms with Crippen LogP contribution in [0.15, 0.2) is 10.7 Å². The summed E-state index contributed by atoms with van der Waals surface area (Å²) in [5, 5.41) is 3.21. The van der Waals surface area contributed by atoms with E-state index in [4.69, 9.17) is 4.42 Å². The van der Waals surface area contributed by atoms with Gasteiger partial charge in [0.05, 0.1) is 0 Å². The van der Waals surface area contributed by atoms with Crippen LogP contribution in [0.1, 0.15) is 28.7 Å². The lowest BCUT2D eigenvalue weighted by Crippen LogP contribution is -2.08. The van der Waals surface area contributed by atoms with Crippen molar-refractivity contribution in [2.24, 2.45) is 0 Å². The standard InChI is InChI=1S/C8H10N2O2/c11-4-7-5-12-8(10-7)6-1-2-9-3-6/h4-6,9H,1-3H2. The topological polar surface area (TPSA) is 55.1 Å². The van der Waals surface area contributed by atoms with Crippen LogP contribution in [0.2, 0.25) is 0 Å². The fourth-order valence-corrected chi connectivity index (χ4v) is 1.41. The van der Waals surface area contributed by atoms with Gasteiger partial charge in [0.15, 0.2) is 12.2 Å². The third-order valence-corrected chi connectivity index (χ3v) is 2.07. The Labute approximate surface area is 70.0 Å². The van der Waals surface area contributed by atoms with E-state index >= 15 is 0 Å². The van der Waals surface area contributed by atoms with Gasteiger partial charge >= 0.3 is 0 Å². The first-order valence-electron chi connectivity index (χ1n) is 4.01. The normalized spacial score (nSPS) is 22.8. The number of nitrogens with one attached hydrogen (secondary N) is 1. The fourth-order valence-electron chi connectivity index (χ4n) is 1.41. The van der Waals surface area contributed by atoms with Crippen LogP contribution in [0.3, 0.4) is 0 Å². The molecule has 1 aliphatic rings. The molecule has 1 aromatic rings. The number of rotatable bonds is 2. The molecule has 1 saturated heterocycles. The molecule has 4 heteroatoms. The first-order valence-corrected chi connectivity index (χ1v) is 4.01. The van der Waals surface area contributed by atoms with Crippen LogP contribution in [0.4, 0.5) is 0 Å². The van der Waals surface area contributed by atoms with Crippen LogP contribution in [0, 0.1) is 0 Å². The molecule has 0 radical (unpaired) electrons. The van der Waals surface area contributed by atoms with Crippen molar-refractivity contribution in [3.05, 3.63) is 17.8 Å². The van der Waals surface area contributed by atoms with Crippen LogP contribution in [0.5, 0.6) is 0 Å². The number of carbonyl (C=O) groups is 1. The maximum Gasteiger partial charge on any atom is 0.199 e. The number of carbonyl (C=O) groups excluding carboxylic acids is 1. The van der Waals surface area contributed by atoms with E-state index in [1.807, 2.05) is 0 Å². The zero-order valence-electron chi connectivity index (χ0n) is 6.62. The Morgan fingerprint density at radius 1 is 1.75 bits per heavy atom. The lowest BCUT2D eigenvalue weighted by molar-refractivity contribution is 0.111. The van der Waals surface area contributed by atoms with Crippen LogP contribution < -0.4 is 5.32 Å². The minimum Gasteiger partial charge on any atom is -0.448 e. The van der Waals surface area contributed by atoms with Gasteiger partial charge in [-0.05, 0) is 13.0 Å². The molecule has 64 valence electrons. The number of hydrogen-bond acceptors (Lipinski definition) is 4. The van der Waals surface area contributed by atoms with Crippen LogP contribution >= 0.6 is 0 Å². The molecule has 0 spiro atoms. The summed E-state index contributed by atoms with van der Waals surface area (Å²) in [5.74, 6) is 1.03. The minimum atomic E-state index is 0.346. The number of aromatic nitrogens is 1. The zero-order valence-corrected chi connectivity index (χ0v) is 6.62. The van der Waals surface area contributed by atoms with Gasteiger partial charge in [0.1, 0.15) is 12.0 Å². The van der Waals surface area contributed by atoms with Gasteiger partial charge in [-0.1, -0.05) is 0 Å². The van der Waals surface area contributed by atoms with Gasteiger partial charge in [-0.25, -0.2) is 4.98 Å². The van der Waals surface area contributed by atoms with Crippen molar-refractivity contribution in [1.29, 1.82) is 0 Å². The van der Waals surface area contributed by atoms with Gasteiger partial charge in [0.25, 0.3) is 0 Å². The molecule has 1 atom stereocenters. The Hall–Kier alpha value is -1.16. The first kappa shape index (κ1) is 7.49. The van der Waals surface area contributed by atoms with Crippen molar-refractivity contribution in [3.8, 4) is 0 Å². The van der Waals surface area contributed by atoms with Crippen LogP contribution in [0.25, 0.3) is 0 Å². The summed E-state index contributed by atoms with van der Waals surface area (Å²) < 4.78 is 5.16. The number of aldehydes is 1. The van der Waals surface area contributed by atoms with Crippen molar-refractivity contribution >= 4 is 6.29 Å². The van der Waals surface area contributed by atoms with E-state index in [-0.39, 0.29) is 0 Å². The summed E-state index contributed by atoms with van der Waals surface area (Å²) in [6.07, 6.45) is 3.15. The van der Waals surface area contributed by atoms with E-state index in [1.54, 1.807) is 0 Å². The van der Waals surface area contributed by atoms with Crippen LogP contribution in [-0.2, 0) is 0 Å². The van der Waals surface area contributed by atoms with Crippen LogP contribution in [-0.4, -0.2) is 24.4 Å². The fraction of sp³-hybridized carbons (Fsp3) is 0.500. The Morgan fingerprint density at radius 3 is 3.25 bits per heavy atom. The maximum absolute atomic E-state index is 10.3. The van der Waals surface area contributed by atoms with Crippen molar-refractivity contribution in [2.75, 3.05) is 13.1 Å². The van der Waals surface area contributed by atoms with Gasteiger partial charge in [-0.15, -0.1) is 0 Å². The summed E-state index contributed by atoms with van der Waals surface area (Å²) in [6.45, 7) is 1.91. The Balaban J connectivity index is 2.16. The zero-order chi connectivity index (χ0) is 8.39. The average molecular weight is 166 g/mol. The molecule has 1 N–H and O–H groups in total. The molecule has 0 bridgehead atoms. The summed E-state index contributed by atoms with van der Waals surface area (Å²) >= 11 is 0. The average Bonchev–Trinajstić information content (AvgIpc) is 2.75. The molecule has 2 rings (SSSR count). The molecule has 1 fully saturated rings.